The molecule has 2 aliphatic heterocycles. The van der Waals surface area contributed by atoms with Crippen LogP contribution in [0, 0.1) is 29.1 Å². The van der Waals surface area contributed by atoms with Crippen LogP contribution in [-0.2, 0) is 16.1 Å². The Labute approximate surface area is 391 Å². The number of aliphatic hydroxyl groups excluding tert-OH is 2. The SMILES string of the molecule is C=CCO[C@@]12Oc3ccc(Oc4ccc5ccccc5c4)cc3[C@H]3[C@H](CCCCO)[C@@H](CCCCO)C=C(C(=NOCC)C[C@@H]1N(Cc1ccc4c(c1)OCO4)C(=O)c1ccc(C#N)cc1)[C@H]32. The second-order valence-corrected chi connectivity index (χ2v) is 17.6. The number of hydrogen-bond donors (Lipinski definition) is 2. The highest BCUT2D eigenvalue weighted by atomic mass is 16.7. The molecule has 0 radical (unpaired) electrons. The molecule has 9 rings (SSSR count). The van der Waals surface area contributed by atoms with E-state index < -0.39 is 17.7 Å². The average molecular weight is 904 g/mol. The number of carbonyl (C=O) groups is 1. The second kappa shape index (κ2) is 20.5. The summed E-state index contributed by atoms with van der Waals surface area (Å²) in [4.78, 5) is 23.2. The van der Waals surface area contributed by atoms with Crippen molar-refractivity contribution in [2.24, 2.45) is 22.9 Å². The number of oxime groups is 1. The van der Waals surface area contributed by atoms with Crippen molar-refractivity contribution in [2.75, 3.05) is 33.2 Å². The van der Waals surface area contributed by atoms with Gasteiger partial charge in [0.05, 0.1) is 29.9 Å². The summed E-state index contributed by atoms with van der Waals surface area (Å²) in [7, 11) is 0. The summed E-state index contributed by atoms with van der Waals surface area (Å²) in [6.45, 7) is 6.83. The molecule has 5 aromatic carbocycles. The normalized spacial score (nSPS) is 22.7. The molecule has 0 spiro atoms. The van der Waals surface area contributed by atoms with E-state index in [1.807, 2.05) is 66.4 Å². The maximum atomic E-state index is 15.4. The topological polar surface area (TPSA) is 152 Å². The van der Waals surface area contributed by atoms with E-state index >= 15 is 4.79 Å². The Balaban J connectivity index is 1.25. The Morgan fingerprint density at radius 3 is 2.42 bits per heavy atom. The minimum Gasteiger partial charge on any atom is -0.459 e. The van der Waals surface area contributed by atoms with Crippen molar-refractivity contribution in [3.05, 3.63) is 150 Å². The van der Waals surface area contributed by atoms with Gasteiger partial charge in [0.25, 0.3) is 5.91 Å². The van der Waals surface area contributed by atoms with Crippen molar-refractivity contribution < 1.29 is 43.5 Å². The molecule has 0 aromatic heterocycles. The van der Waals surface area contributed by atoms with Gasteiger partial charge in [-0.05, 0) is 133 Å². The number of ether oxygens (including phenoxy) is 5. The second-order valence-electron chi connectivity index (χ2n) is 17.6. The standard InChI is InChI=1S/C55H57N3O9/c1-3-27-64-55-51(58(54(61)39-18-15-36(33-56)16-19-39)34-37-17-23-49-50(28-37)63-35-62-49)32-47(57-65-4-2)45-30-41(13-7-9-25-59)44(14-8-10-26-60)52(53(45)55)46-31-43(22-24-48(46)67-55)66-42-21-20-38-11-5-6-12-40(38)29-42/h3,5-6,11-12,15-24,28-31,41,44,51-53,59-60H,1,4,7-10,13-14,25-27,32,34-35H2,2H3/t41-,44+,51-,52+,53+,55+/m0/s1. The van der Waals surface area contributed by atoms with Crippen molar-refractivity contribution >= 4 is 22.4 Å². The number of allylic oxidation sites excluding steroid dienone is 1. The number of benzene rings is 5. The molecule has 0 saturated heterocycles. The molecular weight excluding hydrogens is 847 g/mol. The number of fused-ring (bicyclic) bond motifs is 4. The molecule has 2 heterocycles. The largest absolute Gasteiger partial charge is 0.459 e. The van der Waals surface area contributed by atoms with Crippen molar-refractivity contribution in [2.45, 2.75) is 76.2 Å². The van der Waals surface area contributed by atoms with Gasteiger partial charge in [0, 0.05) is 43.2 Å². The molecule has 1 fully saturated rings. The maximum absolute atomic E-state index is 15.4. The molecule has 12 nitrogen and oxygen atoms in total. The maximum Gasteiger partial charge on any atom is 0.254 e. The van der Waals surface area contributed by atoms with Gasteiger partial charge in [0.1, 0.15) is 29.9 Å². The van der Waals surface area contributed by atoms with Crippen LogP contribution in [0.25, 0.3) is 10.8 Å². The first-order valence-electron chi connectivity index (χ1n) is 23.4. The van der Waals surface area contributed by atoms with E-state index in [4.69, 9.17) is 33.7 Å². The lowest BCUT2D eigenvalue weighted by molar-refractivity contribution is -0.255. The summed E-state index contributed by atoms with van der Waals surface area (Å²) in [5.41, 5.74) is 4.20. The van der Waals surface area contributed by atoms with Crippen molar-refractivity contribution in [3.8, 4) is 34.8 Å². The highest BCUT2D eigenvalue weighted by Crippen LogP contribution is 2.62. The third-order valence-corrected chi connectivity index (χ3v) is 13.6. The summed E-state index contributed by atoms with van der Waals surface area (Å²) in [6.07, 6.45) is 8.77. The van der Waals surface area contributed by atoms with Crippen LogP contribution in [0.3, 0.4) is 0 Å². The zero-order valence-corrected chi connectivity index (χ0v) is 37.8. The van der Waals surface area contributed by atoms with Crippen LogP contribution in [0.5, 0.6) is 28.7 Å². The first-order valence-corrected chi connectivity index (χ1v) is 23.4. The van der Waals surface area contributed by atoms with Crippen molar-refractivity contribution in [1.29, 1.82) is 5.26 Å². The van der Waals surface area contributed by atoms with Crippen molar-refractivity contribution in [3.63, 3.8) is 0 Å². The summed E-state index contributed by atoms with van der Waals surface area (Å²) in [5, 5.41) is 36.8. The van der Waals surface area contributed by atoms with Gasteiger partial charge in [-0.25, -0.2) is 0 Å². The van der Waals surface area contributed by atoms with Crippen LogP contribution in [0.1, 0.15) is 84.8 Å². The molecule has 67 heavy (non-hydrogen) atoms. The lowest BCUT2D eigenvalue weighted by Crippen LogP contribution is -2.70. The van der Waals surface area contributed by atoms with Gasteiger partial charge in [-0.2, -0.15) is 5.26 Å². The molecule has 12 heteroatoms. The van der Waals surface area contributed by atoms with E-state index in [2.05, 4.69) is 43.0 Å². The molecule has 2 aliphatic carbocycles. The molecule has 5 aromatic rings. The van der Waals surface area contributed by atoms with E-state index in [1.165, 1.54) is 0 Å². The van der Waals surface area contributed by atoms with Gasteiger partial charge in [-0.3, -0.25) is 4.79 Å². The molecular formula is C55H57N3O9. The number of hydrogen-bond acceptors (Lipinski definition) is 11. The van der Waals surface area contributed by atoms with E-state index in [9.17, 15) is 15.5 Å². The summed E-state index contributed by atoms with van der Waals surface area (Å²) in [5.74, 6) is 0.701. The highest BCUT2D eigenvalue weighted by molar-refractivity contribution is 6.03. The zero-order valence-electron chi connectivity index (χ0n) is 37.8. The Morgan fingerprint density at radius 1 is 0.896 bits per heavy atom. The number of aliphatic hydroxyl groups is 2. The predicted molar refractivity (Wildman–Crippen MR) is 254 cm³/mol. The minimum absolute atomic E-state index is 0.0212. The summed E-state index contributed by atoms with van der Waals surface area (Å²) < 4.78 is 32.9. The number of rotatable bonds is 19. The number of unbranched alkanes of at least 4 members (excludes halogenated alkanes) is 2. The quantitative estimate of drug-likeness (QED) is 0.0465. The van der Waals surface area contributed by atoms with Crippen LogP contribution in [0.2, 0.25) is 0 Å². The first-order chi connectivity index (χ1) is 32.9. The zero-order chi connectivity index (χ0) is 46.3. The number of carbonyl (C=O) groups excluding carboxylic acids is 1. The van der Waals surface area contributed by atoms with Crippen LogP contribution in [0.4, 0.5) is 0 Å². The number of nitrogens with zero attached hydrogens (tertiary/aromatic N) is 3. The minimum atomic E-state index is -1.49. The Morgan fingerprint density at radius 2 is 1.64 bits per heavy atom. The van der Waals surface area contributed by atoms with Gasteiger partial charge < -0.3 is 43.6 Å². The molecule has 1 amide bonds. The lowest BCUT2D eigenvalue weighted by Gasteiger charge is -2.60. The van der Waals surface area contributed by atoms with Crippen LogP contribution in [0.15, 0.2) is 133 Å². The smallest absolute Gasteiger partial charge is 0.254 e. The van der Waals surface area contributed by atoms with Gasteiger partial charge >= 0.3 is 0 Å². The third-order valence-electron chi connectivity index (χ3n) is 13.6. The molecule has 0 bridgehead atoms. The highest BCUT2D eigenvalue weighted by Gasteiger charge is 2.65. The van der Waals surface area contributed by atoms with Gasteiger partial charge in [-0.15, -0.1) is 6.58 Å². The van der Waals surface area contributed by atoms with Crippen LogP contribution < -0.4 is 18.9 Å². The van der Waals surface area contributed by atoms with E-state index in [-0.39, 0.29) is 63.2 Å². The Kier molecular flexibility index (Phi) is 13.9. The molecule has 346 valence electrons. The predicted octanol–water partition coefficient (Wildman–Crippen LogP) is 10.2. The first kappa shape index (κ1) is 45.5. The fourth-order valence-electron chi connectivity index (χ4n) is 10.6. The molecule has 0 unspecified atom stereocenters. The molecule has 2 N–H and O–H groups in total. The molecule has 6 atom stereocenters. The number of amides is 1. The van der Waals surface area contributed by atoms with E-state index in [0.29, 0.717) is 65.0 Å². The van der Waals surface area contributed by atoms with Crippen LogP contribution >= 0.6 is 0 Å². The monoisotopic (exact) mass is 903 g/mol. The van der Waals surface area contributed by atoms with Gasteiger partial charge in [0.2, 0.25) is 12.6 Å². The van der Waals surface area contributed by atoms with Gasteiger partial charge in [-0.1, -0.05) is 66.5 Å². The van der Waals surface area contributed by atoms with E-state index in [0.717, 1.165) is 53.2 Å². The Hall–Kier alpha value is -6.65. The number of nitriles is 1. The average Bonchev–Trinajstić information content (AvgIpc) is 3.83. The third kappa shape index (κ3) is 9.24. The lowest BCUT2D eigenvalue weighted by atomic mass is 9.55. The fourth-order valence-corrected chi connectivity index (χ4v) is 10.6. The Bertz CT molecular complexity index is 2690. The fraction of sp³-hybridized carbons (Fsp3) is 0.364. The summed E-state index contributed by atoms with van der Waals surface area (Å²) >= 11 is 0. The molecule has 4 aliphatic rings. The van der Waals surface area contributed by atoms with Gasteiger partial charge in [0.15, 0.2) is 11.5 Å². The van der Waals surface area contributed by atoms with Crippen LogP contribution in [-0.4, -0.2) is 71.8 Å². The summed E-state index contributed by atoms with van der Waals surface area (Å²) in [6, 6.07) is 33.9. The van der Waals surface area contributed by atoms with E-state index in [1.54, 1.807) is 30.3 Å². The van der Waals surface area contributed by atoms with Crippen molar-refractivity contribution in [1.82, 2.24) is 4.90 Å². The molecule has 1 saturated carbocycles.